The van der Waals surface area contributed by atoms with Crippen LogP contribution in [0.15, 0.2) is 12.1 Å². The lowest BCUT2D eigenvalue weighted by atomic mass is 9.79. The average molecular weight is 551 g/mol. The molecule has 1 saturated heterocycles. The number of carbonyl (C=O) groups is 2. The van der Waals surface area contributed by atoms with E-state index in [1.54, 1.807) is 11.0 Å². The van der Waals surface area contributed by atoms with Crippen LogP contribution in [0.3, 0.4) is 0 Å². The monoisotopic (exact) mass is 550 g/mol. The lowest BCUT2D eigenvalue weighted by Gasteiger charge is -2.35. The highest BCUT2D eigenvalue weighted by molar-refractivity contribution is 6.03. The fraction of sp³-hybridized carbons (Fsp3) is 0.692. The van der Waals surface area contributed by atoms with Gasteiger partial charge >= 0.3 is 12.4 Å². The Balaban J connectivity index is 1.68. The molecule has 0 radical (unpaired) electrons. The second-order valence-corrected chi connectivity index (χ2v) is 10.5. The number of primary amides is 1. The summed E-state index contributed by atoms with van der Waals surface area (Å²) in [7, 11) is 0. The molecule has 0 unspecified atom stereocenters. The maximum atomic E-state index is 13.2. The van der Waals surface area contributed by atoms with Crippen molar-refractivity contribution in [2.75, 3.05) is 35.6 Å². The number of nitrogen functional groups attached to an aromatic ring is 1. The number of hydrogen-bond donors (Lipinski definition) is 3. The molecule has 1 aromatic carbocycles. The third kappa shape index (κ3) is 8.17. The first-order valence-corrected chi connectivity index (χ1v) is 13.1. The summed E-state index contributed by atoms with van der Waals surface area (Å²) in [6.45, 7) is 0.452. The highest BCUT2D eigenvalue weighted by Gasteiger charge is 2.42. The molecule has 12 heteroatoms. The summed E-state index contributed by atoms with van der Waals surface area (Å²) in [5, 5.41) is 3.00. The molecule has 2 fully saturated rings. The molecule has 0 spiro atoms. The number of ketones is 1. The largest absolute Gasteiger partial charge is 0.397 e. The molecule has 2 aliphatic rings. The lowest BCUT2D eigenvalue weighted by Crippen LogP contribution is -2.39. The second kappa shape index (κ2) is 12.5. The molecule has 1 aliphatic carbocycles. The van der Waals surface area contributed by atoms with E-state index in [4.69, 9.17) is 11.5 Å². The van der Waals surface area contributed by atoms with Gasteiger partial charge in [0.05, 0.1) is 23.2 Å². The lowest BCUT2D eigenvalue weighted by molar-refractivity contribution is -0.184. The van der Waals surface area contributed by atoms with Gasteiger partial charge in [-0.2, -0.15) is 26.3 Å². The van der Waals surface area contributed by atoms with Crippen molar-refractivity contribution < 1.29 is 35.9 Å². The minimum atomic E-state index is -4.27. The van der Waals surface area contributed by atoms with Crippen molar-refractivity contribution >= 4 is 28.8 Å². The van der Waals surface area contributed by atoms with Crippen molar-refractivity contribution in [2.24, 2.45) is 23.5 Å². The van der Waals surface area contributed by atoms with E-state index in [9.17, 15) is 35.9 Å². The maximum absolute atomic E-state index is 13.2. The number of carbonyl (C=O) groups excluding carboxylic acids is 2. The highest BCUT2D eigenvalue weighted by Crippen LogP contribution is 2.41. The Labute approximate surface area is 218 Å². The predicted octanol–water partition coefficient (Wildman–Crippen LogP) is 6.06. The summed E-state index contributed by atoms with van der Waals surface area (Å²) in [5.74, 6) is -3.22. The van der Waals surface area contributed by atoms with Crippen molar-refractivity contribution in [3.05, 3.63) is 17.7 Å². The number of amides is 1. The van der Waals surface area contributed by atoms with Gasteiger partial charge in [0.1, 0.15) is 0 Å². The van der Waals surface area contributed by atoms with Gasteiger partial charge in [0.15, 0.2) is 5.78 Å². The number of alkyl halides is 6. The van der Waals surface area contributed by atoms with Gasteiger partial charge in [0.25, 0.3) is 0 Å². The topological polar surface area (TPSA) is 101 Å². The molecule has 1 saturated carbocycles. The number of benzene rings is 1. The summed E-state index contributed by atoms with van der Waals surface area (Å²) >= 11 is 0. The molecule has 0 aromatic heterocycles. The Morgan fingerprint density at radius 1 is 0.895 bits per heavy atom. The molecule has 0 bridgehead atoms. The van der Waals surface area contributed by atoms with Gasteiger partial charge in [0, 0.05) is 43.7 Å². The third-order valence-electron chi connectivity index (χ3n) is 7.78. The summed E-state index contributed by atoms with van der Waals surface area (Å²) < 4.78 is 78.3. The first kappa shape index (κ1) is 29.9. The van der Waals surface area contributed by atoms with Crippen LogP contribution < -0.4 is 21.7 Å². The quantitative estimate of drug-likeness (QED) is 0.187. The second-order valence-electron chi connectivity index (χ2n) is 10.5. The molecule has 214 valence electrons. The number of halogens is 6. The van der Waals surface area contributed by atoms with Crippen LogP contribution in [0.4, 0.5) is 43.4 Å². The van der Waals surface area contributed by atoms with Crippen LogP contribution >= 0.6 is 0 Å². The smallest absolute Gasteiger partial charge is 0.391 e. The number of nitrogens with two attached hydrogens (primary N) is 2. The van der Waals surface area contributed by atoms with E-state index in [1.807, 2.05) is 0 Å². The van der Waals surface area contributed by atoms with E-state index in [-0.39, 0.29) is 75.5 Å². The average Bonchev–Trinajstić information content (AvgIpc) is 2.84. The van der Waals surface area contributed by atoms with Crippen LogP contribution in [-0.4, -0.2) is 43.7 Å². The highest BCUT2D eigenvalue weighted by atomic mass is 19.4. The van der Waals surface area contributed by atoms with E-state index >= 15 is 0 Å². The van der Waals surface area contributed by atoms with Crippen molar-refractivity contribution in [3.8, 4) is 0 Å². The van der Waals surface area contributed by atoms with Gasteiger partial charge in [-0.15, -0.1) is 0 Å². The zero-order chi connectivity index (χ0) is 28.1. The molecular weight excluding hydrogens is 514 g/mol. The minimum Gasteiger partial charge on any atom is -0.397 e. The molecule has 3 rings (SSSR count). The molecule has 1 aliphatic heterocycles. The molecule has 6 nitrogen and oxygen atoms in total. The molecule has 1 amide bonds. The number of Topliss-reactive ketones (excluding diaryl/α,β-unsaturated/α-hetero) is 1. The first-order valence-electron chi connectivity index (χ1n) is 13.1. The molecule has 0 atom stereocenters. The Morgan fingerprint density at radius 2 is 1.47 bits per heavy atom. The number of rotatable bonds is 10. The molecular formula is C26H36F6N4O2. The number of nitrogens with zero attached hydrogens (tertiary/aromatic N) is 1. The molecule has 5 N–H and O–H groups in total. The number of piperidine rings is 1. The minimum absolute atomic E-state index is 0.0529. The van der Waals surface area contributed by atoms with Crippen molar-refractivity contribution in [3.63, 3.8) is 0 Å². The summed E-state index contributed by atoms with van der Waals surface area (Å²) in [5.41, 5.74) is 12.8. The molecule has 1 heterocycles. The number of hydrogen-bond acceptors (Lipinski definition) is 5. The van der Waals surface area contributed by atoms with Crippen molar-refractivity contribution in [1.29, 1.82) is 0 Å². The fourth-order valence-corrected chi connectivity index (χ4v) is 5.48. The van der Waals surface area contributed by atoms with Gasteiger partial charge in [-0.25, -0.2) is 0 Å². The third-order valence-corrected chi connectivity index (χ3v) is 7.78. The van der Waals surface area contributed by atoms with Crippen LogP contribution in [0.5, 0.6) is 0 Å². The van der Waals surface area contributed by atoms with Gasteiger partial charge in [-0.05, 0) is 63.0 Å². The maximum Gasteiger partial charge on any atom is 0.391 e. The van der Waals surface area contributed by atoms with Crippen molar-refractivity contribution in [1.82, 2.24) is 0 Å². The van der Waals surface area contributed by atoms with Gasteiger partial charge in [-0.3, -0.25) is 9.59 Å². The van der Waals surface area contributed by atoms with E-state index in [2.05, 4.69) is 5.32 Å². The normalized spacial score (nSPS) is 21.4. The van der Waals surface area contributed by atoms with Crippen molar-refractivity contribution in [2.45, 2.75) is 76.6 Å². The number of nitrogens with one attached hydrogen (secondary N) is 1. The number of anilines is 3. The SMILES string of the molecule is NC(=O)CCNc1cc(N2CCC(C(F)(F)F)CC2)c(C(=O)CCCC2CCC(C(F)(F)F)CC2)cc1N. The zero-order valence-corrected chi connectivity index (χ0v) is 21.3. The van der Waals surface area contributed by atoms with Crippen LogP contribution in [0, 0.1) is 17.8 Å². The first-order chi connectivity index (χ1) is 17.8. The Morgan fingerprint density at radius 3 is 2.03 bits per heavy atom. The van der Waals surface area contributed by atoms with Gasteiger partial charge in [0.2, 0.25) is 5.91 Å². The molecule has 1 aromatic rings. The Kier molecular flexibility index (Phi) is 9.80. The van der Waals surface area contributed by atoms with E-state index in [0.29, 0.717) is 42.6 Å². The standard InChI is InChI=1S/C26H36F6N4O2/c27-25(28,29)17-6-4-16(5-7-17)2-1-3-23(37)19-14-20(33)21(35-11-8-24(34)38)15-22(19)36-12-9-18(10-13-36)26(30,31)32/h14-18,35H,1-13,33H2,(H2,34,38). The summed E-state index contributed by atoms with van der Waals surface area (Å²) in [6.07, 6.45) is -6.05. The zero-order valence-electron chi connectivity index (χ0n) is 21.3. The van der Waals surface area contributed by atoms with E-state index in [1.165, 1.54) is 6.07 Å². The van der Waals surface area contributed by atoms with Crippen LogP contribution in [-0.2, 0) is 4.79 Å². The fourth-order valence-electron chi connectivity index (χ4n) is 5.48. The van der Waals surface area contributed by atoms with Gasteiger partial charge in [-0.1, -0.05) is 6.42 Å². The Hall–Kier alpha value is -2.66. The Bertz CT molecular complexity index is 966. The van der Waals surface area contributed by atoms with E-state index in [0.717, 1.165) is 0 Å². The summed E-state index contributed by atoms with van der Waals surface area (Å²) in [6, 6.07) is 3.14. The van der Waals surface area contributed by atoms with Crippen LogP contribution in [0.1, 0.15) is 74.6 Å². The molecule has 38 heavy (non-hydrogen) atoms. The van der Waals surface area contributed by atoms with Crippen LogP contribution in [0.25, 0.3) is 0 Å². The predicted molar refractivity (Wildman–Crippen MR) is 134 cm³/mol. The van der Waals surface area contributed by atoms with Crippen LogP contribution in [0.2, 0.25) is 0 Å². The summed E-state index contributed by atoms with van der Waals surface area (Å²) in [4.78, 5) is 26.1. The van der Waals surface area contributed by atoms with E-state index < -0.39 is 30.1 Å². The van der Waals surface area contributed by atoms with Gasteiger partial charge < -0.3 is 21.7 Å².